The summed E-state index contributed by atoms with van der Waals surface area (Å²) in [4.78, 5) is 43.7. The van der Waals surface area contributed by atoms with Crippen LogP contribution in [0, 0.1) is 5.82 Å². The van der Waals surface area contributed by atoms with E-state index in [0.29, 0.717) is 26.2 Å². The summed E-state index contributed by atoms with van der Waals surface area (Å²) in [5, 5.41) is 2.71. The average Bonchev–Trinajstić information content (AvgIpc) is 2.85. The van der Waals surface area contributed by atoms with Crippen LogP contribution in [0.5, 0.6) is 5.75 Å². The zero-order valence-corrected chi connectivity index (χ0v) is 18.5. The molecule has 2 heterocycles. The molecule has 2 aliphatic heterocycles. The monoisotopic (exact) mass is 454 g/mol. The van der Waals surface area contributed by atoms with Gasteiger partial charge in [-0.15, -0.1) is 0 Å². The van der Waals surface area contributed by atoms with Crippen molar-refractivity contribution in [3.8, 4) is 5.75 Å². The lowest BCUT2D eigenvalue weighted by Crippen LogP contribution is -2.59. The van der Waals surface area contributed by atoms with Crippen LogP contribution in [0.1, 0.15) is 16.8 Å². The standard InChI is InChI=1S/C24H27FN4O4/c1-33-18-8-6-17(7-9-18)27-12-14-28(15-13-27)22(30)16-21-23(31)26-10-11-29(21)24(32)19-4-2-3-5-20(19)25/h2-9,21H,10-16H2,1H3,(H,26,31)/t21-/m0/s1. The van der Waals surface area contributed by atoms with Gasteiger partial charge in [-0.3, -0.25) is 14.4 Å². The fourth-order valence-electron chi connectivity index (χ4n) is 4.25. The van der Waals surface area contributed by atoms with Crippen molar-refractivity contribution in [1.82, 2.24) is 15.1 Å². The van der Waals surface area contributed by atoms with E-state index in [2.05, 4.69) is 10.2 Å². The molecule has 2 aromatic carbocycles. The Morgan fingerprint density at radius 3 is 2.39 bits per heavy atom. The number of nitrogens with one attached hydrogen (secondary N) is 1. The third kappa shape index (κ3) is 4.92. The molecule has 1 atom stereocenters. The number of halogens is 1. The number of piperazine rings is 2. The Morgan fingerprint density at radius 1 is 1.03 bits per heavy atom. The minimum absolute atomic E-state index is 0.0993. The molecule has 174 valence electrons. The highest BCUT2D eigenvalue weighted by molar-refractivity contribution is 5.99. The van der Waals surface area contributed by atoms with Crippen molar-refractivity contribution in [2.24, 2.45) is 0 Å². The molecule has 2 aliphatic rings. The number of anilines is 1. The van der Waals surface area contributed by atoms with E-state index in [4.69, 9.17) is 4.74 Å². The van der Waals surface area contributed by atoms with E-state index in [1.54, 1.807) is 18.1 Å². The third-order valence-electron chi connectivity index (χ3n) is 6.13. The number of rotatable bonds is 5. The smallest absolute Gasteiger partial charge is 0.257 e. The van der Waals surface area contributed by atoms with E-state index < -0.39 is 23.7 Å². The van der Waals surface area contributed by atoms with Crippen LogP contribution in [0.25, 0.3) is 0 Å². The molecule has 2 saturated heterocycles. The third-order valence-corrected chi connectivity index (χ3v) is 6.13. The summed E-state index contributed by atoms with van der Waals surface area (Å²) in [6.45, 7) is 2.84. The van der Waals surface area contributed by atoms with Gasteiger partial charge in [-0.2, -0.15) is 0 Å². The summed E-state index contributed by atoms with van der Waals surface area (Å²) in [6, 6.07) is 12.5. The quantitative estimate of drug-likeness (QED) is 0.741. The van der Waals surface area contributed by atoms with E-state index in [-0.39, 0.29) is 31.0 Å². The highest BCUT2D eigenvalue weighted by Gasteiger charge is 2.37. The molecular formula is C24H27FN4O4. The molecule has 9 heteroatoms. The lowest BCUT2D eigenvalue weighted by Gasteiger charge is -2.39. The normalized spacial score (nSPS) is 18.7. The number of nitrogens with zero attached hydrogens (tertiary/aromatic N) is 3. The van der Waals surface area contributed by atoms with Crippen LogP contribution in [-0.2, 0) is 9.59 Å². The van der Waals surface area contributed by atoms with Gasteiger partial charge >= 0.3 is 0 Å². The van der Waals surface area contributed by atoms with E-state index in [9.17, 15) is 18.8 Å². The zero-order chi connectivity index (χ0) is 23.4. The van der Waals surface area contributed by atoms with Crippen LogP contribution in [0.15, 0.2) is 48.5 Å². The highest BCUT2D eigenvalue weighted by Crippen LogP contribution is 2.22. The van der Waals surface area contributed by atoms with Crippen molar-refractivity contribution < 1.29 is 23.5 Å². The first-order valence-electron chi connectivity index (χ1n) is 11.0. The summed E-state index contributed by atoms with van der Waals surface area (Å²) < 4.78 is 19.4. The second-order valence-electron chi connectivity index (χ2n) is 8.06. The van der Waals surface area contributed by atoms with Crippen LogP contribution in [0.2, 0.25) is 0 Å². The first-order valence-corrected chi connectivity index (χ1v) is 11.0. The molecule has 8 nitrogen and oxygen atoms in total. The SMILES string of the molecule is COc1ccc(N2CCN(C(=O)C[C@H]3C(=O)NCCN3C(=O)c3ccccc3F)CC2)cc1. The van der Waals surface area contributed by atoms with Gasteiger partial charge in [0.15, 0.2) is 0 Å². The number of methoxy groups -OCH3 is 1. The lowest BCUT2D eigenvalue weighted by atomic mass is 10.0. The molecule has 0 saturated carbocycles. The molecule has 0 unspecified atom stereocenters. The predicted molar refractivity (Wildman–Crippen MR) is 121 cm³/mol. The predicted octanol–water partition coefficient (Wildman–Crippen LogP) is 1.51. The van der Waals surface area contributed by atoms with Crippen molar-refractivity contribution in [1.29, 1.82) is 0 Å². The molecular weight excluding hydrogens is 427 g/mol. The second kappa shape index (κ2) is 9.89. The van der Waals surface area contributed by atoms with Gasteiger partial charge in [-0.05, 0) is 36.4 Å². The number of hydrogen-bond donors (Lipinski definition) is 1. The molecule has 33 heavy (non-hydrogen) atoms. The van der Waals surface area contributed by atoms with Crippen LogP contribution in [0.3, 0.4) is 0 Å². The molecule has 0 bridgehead atoms. The largest absolute Gasteiger partial charge is 0.497 e. The molecule has 0 radical (unpaired) electrons. The molecule has 0 aliphatic carbocycles. The Hall–Kier alpha value is -3.62. The number of ether oxygens (including phenoxy) is 1. The molecule has 2 aromatic rings. The van der Waals surface area contributed by atoms with Crippen LogP contribution >= 0.6 is 0 Å². The lowest BCUT2D eigenvalue weighted by molar-refractivity contribution is -0.138. The maximum atomic E-state index is 14.2. The molecule has 2 fully saturated rings. The maximum absolute atomic E-state index is 14.2. The topological polar surface area (TPSA) is 82.2 Å². The zero-order valence-electron chi connectivity index (χ0n) is 18.5. The Labute approximate surface area is 191 Å². The number of carbonyl (C=O) groups excluding carboxylic acids is 3. The van der Waals surface area contributed by atoms with Gasteiger partial charge in [0.1, 0.15) is 17.6 Å². The second-order valence-corrected chi connectivity index (χ2v) is 8.06. The Morgan fingerprint density at radius 2 is 1.73 bits per heavy atom. The Bertz CT molecular complexity index is 1020. The number of carbonyl (C=O) groups is 3. The van der Waals surface area contributed by atoms with Gasteiger partial charge < -0.3 is 24.8 Å². The van der Waals surface area contributed by atoms with Crippen LogP contribution in [-0.4, -0.2) is 79.9 Å². The molecule has 0 spiro atoms. The summed E-state index contributed by atoms with van der Waals surface area (Å²) in [7, 11) is 1.62. The first-order chi connectivity index (χ1) is 16.0. The summed E-state index contributed by atoms with van der Waals surface area (Å²) in [5.74, 6) is -1.03. The summed E-state index contributed by atoms with van der Waals surface area (Å²) in [6.07, 6.45) is -0.130. The van der Waals surface area contributed by atoms with Crippen molar-refractivity contribution in [3.05, 3.63) is 59.9 Å². The van der Waals surface area contributed by atoms with Gasteiger partial charge in [0.05, 0.1) is 19.1 Å². The van der Waals surface area contributed by atoms with E-state index in [0.717, 1.165) is 11.4 Å². The van der Waals surface area contributed by atoms with Crippen molar-refractivity contribution in [3.63, 3.8) is 0 Å². The van der Waals surface area contributed by atoms with E-state index >= 15 is 0 Å². The number of amides is 3. The van der Waals surface area contributed by atoms with Crippen molar-refractivity contribution >= 4 is 23.4 Å². The van der Waals surface area contributed by atoms with E-state index in [1.165, 1.54) is 23.1 Å². The minimum Gasteiger partial charge on any atom is -0.497 e. The van der Waals surface area contributed by atoms with Crippen molar-refractivity contribution in [2.75, 3.05) is 51.3 Å². The molecule has 0 aromatic heterocycles. The van der Waals surface area contributed by atoms with E-state index in [1.807, 2.05) is 24.3 Å². The number of hydrogen-bond acceptors (Lipinski definition) is 5. The van der Waals surface area contributed by atoms with Crippen LogP contribution in [0.4, 0.5) is 10.1 Å². The highest BCUT2D eigenvalue weighted by atomic mass is 19.1. The molecule has 1 N–H and O–H groups in total. The maximum Gasteiger partial charge on any atom is 0.257 e. The van der Waals surface area contributed by atoms with Gasteiger partial charge in [0.2, 0.25) is 11.8 Å². The first kappa shape index (κ1) is 22.6. The Kier molecular flexibility index (Phi) is 6.76. The fourth-order valence-corrected chi connectivity index (χ4v) is 4.25. The summed E-state index contributed by atoms with van der Waals surface area (Å²) in [5.41, 5.74) is 0.953. The number of benzene rings is 2. The van der Waals surface area contributed by atoms with Gasteiger partial charge in [-0.1, -0.05) is 12.1 Å². The minimum atomic E-state index is -0.960. The van der Waals surface area contributed by atoms with Crippen LogP contribution < -0.4 is 15.0 Å². The fraction of sp³-hybridized carbons (Fsp3) is 0.375. The van der Waals surface area contributed by atoms with Crippen molar-refractivity contribution in [2.45, 2.75) is 12.5 Å². The summed E-state index contributed by atoms with van der Waals surface area (Å²) >= 11 is 0. The van der Waals surface area contributed by atoms with Gasteiger partial charge in [-0.25, -0.2) is 4.39 Å². The molecule has 4 rings (SSSR count). The van der Waals surface area contributed by atoms with Gasteiger partial charge in [0, 0.05) is 45.0 Å². The Balaban J connectivity index is 1.39. The average molecular weight is 455 g/mol. The van der Waals surface area contributed by atoms with Gasteiger partial charge in [0.25, 0.3) is 5.91 Å². The molecule has 3 amide bonds.